The van der Waals surface area contributed by atoms with Crippen LogP contribution in [0.5, 0.6) is 0 Å². The Morgan fingerprint density at radius 2 is 1.59 bits per heavy atom. The van der Waals surface area contributed by atoms with Gasteiger partial charge in [0.25, 0.3) is 10.0 Å². The van der Waals surface area contributed by atoms with E-state index in [4.69, 9.17) is 0 Å². The summed E-state index contributed by atoms with van der Waals surface area (Å²) in [5.41, 5.74) is -1.13. The zero-order valence-electron chi connectivity index (χ0n) is 14.9. The lowest BCUT2D eigenvalue weighted by atomic mass is 9.87. The van der Waals surface area contributed by atoms with Crippen LogP contribution < -0.4 is 10.0 Å². The first kappa shape index (κ1) is 20.8. The van der Waals surface area contributed by atoms with E-state index in [0.29, 0.717) is 5.56 Å². The van der Waals surface area contributed by atoms with Crippen LogP contribution in [0.3, 0.4) is 0 Å². The monoisotopic (exact) mass is 400 g/mol. The number of halogens is 3. The van der Waals surface area contributed by atoms with Crippen LogP contribution in [0, 0.1) is 0 Å². The van der Waals surface area contributed by atoms with E-state index in [2.05, 4.69) is 5.32 Å². The molecular weight excluding hydrogens is 381 g/mol. The van der Waals surface area contributed by atoms with Gasteiger partial charge < -0.3 is 5.32 Å². The van der Waals surface area contributed by atoms with Gasteiger partial charge in [-0.1, -0.05) is 45.0 Å². The molecule has 0 aromatic heterocycles. The van der Waals surface area contributed by atoms with E-state index in [1.54, 1.807) is 12.1 Å². The molecule has 27 heavy (non-hydrogen) atoms. The lowest BCUT2D eigenvalue weighted by Gasteiger charge is -2.22. The average molecular weight is 400 g/mol. The number of carbonyl (C=O) groups is 1. The lowest BCUT2D eigenvalue weighted by molar-refractivity contribution is -0.137. The smallest absolute Gasteiger partial charge is 0.307 e. The second-order valence-electron chi connectivity index (χ2n) is 6.88. The second kappa shape index (κ2) is 7.22. The number of rotatable bonds is 3. The fourth-order valence-corrected chi connectivity index (χ4v) is 3.75. The molecule has 0 atom stereocenters. The Balaban J connectivity index is 2.24. The number of hydrogen-bond donors (Lipinski definition) is 2. The van der Waals surface area contributed by atoms with Gasteiger partial charge in [0.1, 0.15) is 0 Å². The molecule has 0 aliphatic rings. The molecule has 0 bridgehead atoms. The van der Waals surface area contributed by atoms with Gasteiger partial charge in [-0.3, -0.25) is 0 Å². The number of benzene rings is 2. The standard InChI is InChI=1S/C18H19F3N2O3S/c1-17(2,3)14-9-4-5-10-15(14)27(25,26)23-16(24)22-13-8-6-7-12(11-13)18(19,20)21/h4-11H,1-3H3,(H2,22,23,24). The zero-order valence-corrected chi connectivity index (χ0v) is 15.7. The lowest BCUT2D eigenvalue weighted by Crippen LogP contribution is -2.35. The minimum atomic E-state index is -4.58. The number of amides is 2. The number of sulfonamides is 1. The third-order valence-corrected chi connectivity index (χ3v) is 5.05. The highest BCUT2D eigenvalue weighted by atomic mass is 32.2. The fraction of sp³-hybridized carbons (Fsp3) is 0.278. The molecule has 0 fully saturated rings. The maximum Gasteiger partial charge on any atom is 0.416 e. The number of urea groups is 1. The summed E-state index contributed by atoms with van der Waals surface area (Å²) in [6, 6.07) is 8.95. The third-order valence-electron chi connectivity index (χ3n) is 3.66. The number of alkyl halides is 3. The Morgan fingerprint density at radius 3 is 2.19 bits per heavy atom. The van der Waals surface area contributed by atoms with Crippen molar-refractivity contribution >= 4 is 21.7 Å². The maximum absolute atomic E-state index is 12.7. The molecule has 2 aromatic rings. The van der Waals surface area contributed by atoms with E-state index in [9.17, 15) is 26.4 Å². The van der Waals surface area contributed by atoms with Crippen molar-refractivity contribution < 1.29 is 26.4 Å². The first-order chi connectivity index (χ1) is 12.3. The van der Waals surface area contributed by atoms with Gasteiger partial charge >= 0.3 is 12.2 Å². The van der Waals surface area contributed by atoms with E-state index in [1.807, 2.05) is 25.5 Å². The normalized spacial score (nSPS) is 12.5. The van der Waals surface area contributed by atoms with Gasteiger partial charge in [-0.15, -0.1) is 0 Å². The van der Waals surface area contributed by atoms with Crippen LogP contribution in [0.25, 0.3) is 0 Å². The van der Waals surface area contributed by atoms with E-state index in [0.717, 1.165) is 18.2 Å². The van der Waals surface area contributed by atoms with Crippen LogP contribution in [0.2, 0.25) is 0 Å². The van der Waals surface area contributed by atoms with Crippen molar-refractivity contribution in [1.82, 2.24) is 4.72 Å². The van der Waals surface area contributed by atoms with Crippen LogP contribution in [-0.2, 0) is 21.6 Å². The van der Waals surface area contributed by atoms with Crippen molar-refractivity contribution in [2.24, 2.45) is 0 Å². The summed E-state index contributed by atoms with van der Waals surface area (Å²) in [6.07, 6.45) is -4.58. The van der Waals surface area contributed by atoms with Gasteiger partial charge in [0.05, 0.1) is 10.5 Å². The minimum Gasteiger partial charge on any atom is -0.307 e. The topological polar surface area (TPSA) is 75.3 Å². The van der Waals surface area contributed by atoms with Crippen LogP contribution in [-0.4, -0.2) is 14.4 Å². The summed E-state index contributed by atoms with van der Waals surface area (Å²) in [5.74, 6) is 0. The van der Waals surface area contributed by atoms with E-state index in [-0.39, 0.29) is 10.6 Å². The van der Waals surface area contributed by atoms with Crippen molar-refractivity contribution in [3.05, 3.63) is 59.7 Å². The van der Waals surface area contributed by atoms with Crippen molar-refractivity contribution in [3.8, 4) is 0 Å². The maximum atomic E-state index is 12.7. The van der Waals surface area contributed by atoms with Crippen molar-refractivity contribution in [1.29, 1.82) is 0 Å². The van der Waals surface area contributed by atoms with Crippen molar-refractivity contribution in [3.63, 3.8) is 0 Å². The first-order valence-electron chi connectivity index (χ1n) is 7.91. The molecule has 9 heteroatoms. The van der Waals surface area contributed by atoms with Gasteiger partial charge in [-0.05, 0) is 35.2 Å². The summed E-state index contributed by atoms with van der Waals surface area (Å²) in [6.45, 7) is 5.47. The Morgan fingerprint density at radius 1 is 0.963 bits per heavy atom. The Kier molecular flexibility index (Phi) is 5.55. The molecule has 0 unspecified atom stereocenters. The Hall–Kier alpha value is -2.55. The highest BCUT2D eigenvalue weighted by Gasteiger charge is 2.31. The van der Waals surface area contributed by atoms with Gasteiger partial charge in [0, 0.05) is 5.69 Å². The number of nitrogens with one attached hydrogen (secondary N) is 2. The molecule has 2 aromatic carbocycles. The predicted molar refractivity (Wildman–Crippen MR) is 95.9 cm³/mol. The second-order valence-corrected chi connectivity index (χ2v) is 8.54. The van der Waals surface area contributed by atoms with Gasteiger partial charge in [-0.2, -0.15) is 13.2 Å². The van der Waals surface area contributed by atoms with Crippen LogP contribution in [0.1, 0.15) is 31.9 Å². The molecule has 0 heterocycles. The van der Waals surface area contributed by atoms with E-state index < -0.39 is 33.2 Å². The minimum absolute atomic E-state index is 0.0725. The van der Waals surface area contributed by atoms with Gasteiger partial charge in [0.2, 0.25) is 0 Å². The SMILES string of the molecule is CC(C)(C)c1ccccc1S(=O)(=O)NC(=O)Nc1cccc(C(F)(F)F)c1. The molecular formula is C18H19F3N2O3S. The first-order valence-corrected chi connectivity index (χ1v) is 9.39. The molecule has 0 radical (unpaired) electrons. The van der Waals surface area contributed by atoms with E-state index in [1.165, 1.54) is 18.2 Å². The molecule has 0 saturated heterocycles. The molecule has 2 amide bonds. The molecule has 146 valence electrons. The van der Waals surface area contributed by atoms with Gasteiger partial charge in [0.15, 0.2) is 0 Å². The Labute approximate surface area is 155 Å². The van der Waals surface area contributed by atoms with Gasteiger partial charge in [-0.25, -0.2) is 17.9 Å². The quantitative estimate of drug-likeness (QED) is 0.796. The largest absolute Gasteiger partial charge is 0.416 e. The number of hydrogen-bond acceptors (Lipinski definition) is 3. The number of anilines is 1. The molecule has 0 spiro atoms. The molecule has 5 nitrogen and oxygen atoms in total. The molecule has 2 N–H and O–H groups in total. The summed E-state index contributed by atoms with van der Waals surface area (Å²) < 4.78 is 65.2. The average Bonchev–Trinajstić information content (AvgIpc) is 2.53. The summed E-state index contributed by atoms with van der Waals surface area (Å²) in [5, 5.41) is 2.11. The zero-order chi connectivity index (χ0) is 20.5. The molecule has 0 saturated carbocycles. The molecule has 0 aliphatic carbocycles. The number of carbonyl (C=O) groups excluding carboxylic acids is 1. The van der Waals surface area contributed by atoms with Crippen molar-refractivity contribution in [2.45, 2.75) is 37.3 Å². The summed E-state index contributed by atoms with van der Waals surface area (Å²) >= 11 is 0. The molecule has 0 aliphatic heterocycles. The van der Waals surface area contributed by atoms with Crippen LogP contribution in [0.15, 0.2) is 53.4 Å². The fourth-order valence-electron chi connectivity index (χ4n) is 2.43. The van der Waals surface area contributed by atoms with E-state index >= 15 is 0 Å². The highest BCUT2D eigenvalue weighted by molar-refractivity contribution is 7.90. The summed E-state index contributed by atoms with van der Waals surface area (Å²) in [4.78, 5) is 12.0. The Bertz CT molecular complexity index is 949. The van der Waals surface area contributed by atoms with Crippen LogP contribution in [0.4, 0.5) is 23.7 Å². The molecule has 2 rings (SSSR count). The highest BCUT2D eigenvalue weighted by Crippen LogP contribution is 2.31. The summed E-state index contributed by atoms with van der Waals surface area (Å²) in [7, 11) is -4.22. The predicted octanol–water partition coefficient (Wildman–Crippen LogP) is 4.51. The van der Waals surface area contributed by atoms with Crippen molar-refractivity contribution in [2.75, 3.05) is 5.32 Å². The van der Waals surface area contributed by atoms with Crippen LogP contribution >= 0.6 is 0 Å². The third kappa shape index (κ3) is 5.22.